The number of phenolic OH excluding ortho intramolecular Hbond substituents is 1. The summed E-state index contributed by atoms with van der Waals surface area (Å²) in [6.45, 7) is 5.80. The second kappa shape index (κ2) is 14.4. The van der Waals surface area contributed by atoms with Crippen LogP contribution in [0.15, 0.2) is 66.7 Å². The molecule has 0 unspecified atom stereocenters. The minimum atomic E-state index is -5.08. The molecular weight excluding hydrogens is 570 g/mol. The standard InChI is InChI=1S/C26H27Cl2N3O2.C2HF3O2/c27-24-10-7-21(16-25(24)28)26(33)29-22-4-1-3-20(15-22)18-31-12-2-11-30(13-14-31)17-19-5-8-23(32)9-6-19;3-2(4,5)1(6)7/h1,3-10,15-16,32H,2,11-14,17-18H2,(H,29,33);(H,6,7). The number of anilines is 1. The van der Waals surface area contributed by atoms with Gasteiger partial charge in [0.05, 0.1) is 10.0 Å². The predicted octanol–water partition coefficient (Wildman–Crippen LogP) is 6.29. The summed E-state index contributed by atoms with van der Waals surface area (Å²) in [5.74, 6) is -2.67. The molecule has 3 N–H and O–H groups in total. The zero-order chi connectivity index (χ0) is 29.3. The summed E-state index contributed by atoms with van der Waals surface area (Å²) in [7, 11) is 0. The highest BCUT2D eigenvalue weighted by Gasteiger charge is 2.38. The van der Waals surface area contributed by atoms with Crippen molar-refractivity contribution in [2.45, 2.75) is 25.7 Å². The number of amides is 1. The second-order valence-corrected chi connectivity index (χ2v) is 9.97. The lowest BCUT2D eigenvalue weighted by molar-refractivity contribution is -0.192. The third-order valence-corrected chi connectivity index (χ3v) is 6.78. The highest BCUT2D eigenvalue weighted by atomic mass is 35.5. The van der Waals surface area contributed by atoms with Gasteiger partial charge in [0.25, 0.3) is 5.91 Å². The number of halogens is 5. The molecule has 1 saturated heterocycles. The fourth-order valence-corrected chi connectivity index (χ4v) is 4.34. The monoisotopic (exact) mass is 597 g/mol. The minimum absolute atomic E-state index is 0.217. The van der Waals surface area contributed by atoms with E-state index in [9.17, 15) is 23.1 Å². The number of nitrogens with zero attached hydrogens (tertiary/aromatic N) is 2. The Hall–Kier alpha value is -3.31. The molecule has 1 aliphatic heterocycles. The predicted molar refractivity (Wildman–Crippen MR) is 148 cm³/mol. The maximum atomic E-state index is 12.6. The first-order valence-electron chi connectivity index (χ1n) is 12.3. The van der Waals surface area contributed by atoms with E-state index in [1.165, 1.54) is 5.56 Å². The van der Waals surface area contributed by atoms with Gasteiger partial charge in [0, 0.05) is 37.4 Å². The fraction of sp³-hybridized carbons (Fsp3) is 0.286. The highest BCUT2D eigenvalue weighted by molar-refractivity contribution is 6.42. The van der Waals surface area contributed by atoms with Crippen LogP contribution < -0.4 is 5.32 Å². The summed E-state index contributed by atoms with van der Waals surface area (Å²) in [5, 5.41) is 20.3. The smallest absolute Gasteiger partial charge is 0.490 e. The summed E-state index contributed by atoms with van der Waals surface area (Å²) in [4.78, 5) is 26.4. The summed E-state index contributed by atoms with van der Waals surface area (Å²) >= 11 is 12.0. The maximum absolute atomic E-state index is 12.6. The molecule has 0 saturated carbocycles. The lowest BCUT2D eigenvalue weighted by atomic mass is 10.1. The lowest BCUT2D eigenvalue weighted by Crippen LogP contribution is -2.30. The van der Waals surface area contributed by atoms with Crippen LogP contribution in [0.4, 0.5) is 18.9 Å². The van der Waals surface area contributed by atoms with Crippen molar-refractivity contribution in [2.24, 2.45) is 0 Å². The first kappa shape index (κ1) is 31.2. The van der Waals surface area contributed by atoms with E-state index in [4.69, 9.17) is 33.1 Å². The third-order valence-electron chi connectivity index (χ3n) is 6.04. The summed E-state index contributed by atoms with van der Waals surface area (Å²) in [6.07, 6.45) is -3.98. The van der Waals surface area contributed by atoms with E-state index < -0.39 is 12.1 Å². The van der Waals surface area contributed by atoms with Crippen molar-refractivity contribution in [3.05, 3.63) is 93.5 Å². The number of aliphatic carboxylic acids is 1. The Morgan fingerprint density at radius 2 is 1.43 bits per heavy atom. The van der Waals surface area contributed by atoms with Gasteiger partial charge in [0.2, 0.25) is 0 Å². The Morgan fingerprint density at radius 3 is 2.00 bits per heavy atom. The minimum Gasteiger partial charge on any atom is -0.508 e. The van der Waals surface area contributed by atoms with Crippen LogP contribution in [0.1, 0.15) is 27.9 Å². The van der Waals surface area contributed by atoms with E-state index in [2.05, 4.69) is 21.2 Å². The second-order valence-electron chi connectivity index (χ2n) is 9.16. The number of alkyl halides is 3. The number of carbonyl (C=O) groups is 2. The quantitative estimate of drug-likeness (QED) is 0.309. The Labute approximate surface area is 239 Å². The maximum Gasteiger partial charge on any atom is 0.490 e. The number of hydrogen-bond donors (Lipinski definition) is 3. The molecule has 0 radical (unpaired) electrons. The van der Waals surface area contributed by atoms with E-state index in [0.29, 0.717) is 21.4 Å². The average Bonchev–Trinajstić information content (AvgIpc) is 3.12. The van der Waals surface area contributed by atoms with E-state index in [1.54, 1.807) is 30.3 Å². The molecule has 0 atom stereocenters. The van der Waals surface area contributed by atoms with Crippen molar-refractivity contribution in [3.8, 4) is 5.75 Å². The first-order valence-corrected chi connectivity index (χ1v) is 13.0. The lowest BCUT2D eigenvalue weighted by Gasteiger charge is -2.22. The average molecular weight is 598 g/mol. The molecule has 40 heavy (non-hydrogen) atoms. The van der Waals surface area contributed by atoms with Crippen LogP contribution in [0, 0.1) is 0 Å². The van der Waals surface area contributed by atoms with Crippen molar-refractivity contribution >= 4 is 40.8 Å². The number of carbonyl (C=O) groups excluding carboxylic acids is 1. The van der Waals surface area contributed by atoms with Gasteiger partial charge >= 0.3 is 12.1 Å². The van der Waals surface area contributed by atoms with Crippen molar-refractivity contribution in [1.29, 1.82) is 0 Å². The molecule has 7 nitrogen and oxygen atoms in total. The van der Waals surface area contributed by atoms with E-state index in [0.717, 1.165) is 56.9 Å². The van der Waals surface area contributed by atoms with E-state index in [-0.39, 0.29) is 5.91 Å². The molecule has 0 aromatic heterocycles. The van der Waals surface area contributed by atoms with Gasteiger partial charge < -0.3 is 15.5 Å². The van der Waals surface area contributed by atoms with Gasteiger partial charge in [-0.05, 0) is 73.1 Å². The zero-order valence-electron chi connectivity index (χ0n) is 21.3. The van der Waals surface area contributed by atoms with Gasteiger partial charge in [-0.3, -0.25) is 14.6 Å². The molecule has 1 amide bonds. The van der Waals surface area contributed by atoms with Gasteiger partial charge in [-0.2, -0.15) is 13.2 Å². The number of benzene rings is 3. The van der Waals surface area contributed by atoms with Gasteiger partial charge in [0.1, 0.15) is 5.75 Å². The molecule has 12 heteroatoms. The molecule has 1 aliphatic rings. The van der Waals surface area contributed by atoms with Gasteiger partial charge in [-0.1, -0.05) is 47.5 Å². The van der Waals surface area contributed by atoms with Gasteiger partial charge in [-0.25, -0.2) is 4.79 Å². The van der Waals surface area contributed by atoms with Crippen molar-refractivity contribution < 1.29 is 33.0 Å². The molecule has 3 aromatic carbocycles. The Balaban J connectivity index is 0.000000559. The van der Waals surface area contributed by atoms with Gasteiger partial charge in [0.15, 0.2) is 0 Å². The molecule has 4 rings (SSSR count). The van der Waals surface area contributed by atoms with Crippen molar-refractivity contribution in [3.63, 3.8) is 0 Å². The van der Waals surface area contributed by atoms with Crippen molar-refractivity contribution in [2.75, 3.05) is 31.5 Å². The Kier molecular flexibility index (Phi) is 11.2. The number of carboxylic acids is 1. The van der Waals surface area contributed by atoms with Crippen LogP contribution in [-0.2, 0) is 17.9 Å². The van der Waals surface area contributed by atoms with Crippen LogP contribution in [0.3, 0.4) is 0 Å². The molecule has 214 valence electrons. The zero-order valence-corrected chi connectivity index (χ0v) is 22.8. The summed E-state index contributed by atoms with van der Waals surface area (Å²) in [5.41, 5.74) is 3.60. The van der Waals surface area contributed by atoms with Crippen LogP contribution in [-0.4, -0.2) is 64.2 Å². The first-order chi connectivity index (χ1) is 18.9. The summed E-state index contributed by atoms with van der Waals surface area (Å²) < 4.78 is 31.7. The molecule has 0 bridgehead atoms. The Morgan fingerprint density at radius 1 is 0.825 bits per heavy atom. The number of aromatic hydroxyl groups is 1. The number of phenols is 1. The molecule has 3 aromatic rings. The van der Waals surface area contributed by atoms with E-state index >= 15 is 0 Å². The van der Waals surface area contributed by atoms with Crippen LogP contribution in [0.25, 0.3) is 0 Å². The molecule has 0 aliphatic carbocycles. The van der Waals surface area contributed by atoms with Crippen LogP contribution in [0.5, 0.6) is 5.75 Å². The van der Waals surface area contributed by atoms with Crippen LogP contribution >= 0.6 is 23.2 Å². The molecule has 1 fully saturated rings. The molecule has 0 spiro atoms. The number of carboxylic acid groups (broad SMARTS) is 1. The van der Waals surface area contributed by atoms with Gasteiger partial charge in [-0.15, -0.1) is 0 Å². The largest absolute Gasteiger partial charge is 0.508 e. The SMILES string of the molecule is O=C(Nc1cccc(CN2CCCN(Cc3ccc(O)cc3)CC2)c1)c1ccc(Cl)c(Cl)c1.O=C(O)C(F)(F)F. The number of rotatable bonds is 6. The van der Waals surface area contributed by atoms with Crippen molar-refractivity contribution in [1.82, 2.24) is 9.80 Å². The highest BCUT2D eigenvalue weighted by Crippen LogP contribution is 2.23. The number of nitrogens with one attached hydrogen (secondary N) is 1. The van der Waals surface area contributed by atoms with E-state index in [1.807, 2.05) is 30.3 Å². The summed E-state index contributed by atoms with van der Waals surface area (Å²) in [6, 6.07) is 20.3. The van der Waals surface area contributed by atoms with Crippen LogP contribution in [0.2, 0.25) is 10.0 Å². The Bertz CT molecular complexity index is 1310. The fourth-order valence-electron chi connectivity index (χ4n) is 4.05. The number of hydrogen-bond acceptors (Lipinski definition) is 5. The third kappa shape index (κ3) is 10.0. The molecular formula is C28H28Cl2F3N3O4. The topological polar surface area (TPSA) is 93.1 Å². The molecule has 1 heterocycles. The normalized spacial score (nSPS) is 14.5.